The average Bonchev–Trinajstić information content (AvgIpc) is 2.90. The summed E-state index contributed by atoms with van der Waals surface area (Å²) in [7, 11) is -4.17. The van der Waals surface area contributed by atoms with E-state index in [0.29, 0.717) is 13.1 Å². The fourth-order valence-corrected chi connectivity index (χ4v) is 5.95. The number of amides is 1. The minimum Gasteiger partial charge on any atom is -0.333 e. The minimum absolute atomic E-state index is 0.0215. The first-order chi connectivity index (χ1) is 17.8. The van der Waals surface area contributed by atoms with Gasteiger partial charge in [0, 0.05) is 18.1 Å². The third-order valence-corrected chi connectivity index (χ3v) is 7.99. The van der Waals surface area contributed by atoms with Crippen LogP contribution in [0.25, 0.3) is 0 Å². The molecule has 0 aliphatic carbocycles. The van der Waals surface area contributed by atoms with Crippen LogP contribution in [0.3, 0.4) is 0 Å². The van der Waals surface area contributed by atoms with Crippen LogP contribution < -0.4 is 4.72 Å². The number of halogens is 2. The minimum atomic E-state index is -4.17. The van der Waals surface area contributed by atoms with E-state index in [1.165, 1.54) is 18.2 Å². The molecular formula is C29H26Cl2N2O3S. The van der Waals surface area contributed by atoms with Crippen LogP contribution in [-0.4, -0.2) is 25.3 Å². The van der Waals surface area contributed by atoms with Crippen LogP contribution in [0.2, 0.25) is 10.0 Å². The van der Waals surface area contributed by atoms with E-state index >= 15 is 0 Å². The Morgan fingerprint density at radius 1 is 0.730 bits per heavy atom. The van der Waals surface area contributed by atoms with Crippen LogP contribution in [0.1, 0.15) is 16.7 Å². The second kappa shape index (κ2) is 12.4. The standard InChI is InChI=1S/C29H26Cl2N2O3S/c30-25-16-17-26(31)28(19-25)37(35,36)32-27(18-22-10-4-1-5-11-22)29(34)33(20-23-12-6-2-7-13-23)21-24-14-8-3-9-15-24/h1-17,19,27,32H,18,20-21H2. The van der Waals surface area contributed by atoms with Crippen molar-refractivity contribution in [1.29, 1.82) is 0 Å². The molecule has 1 atom stereocenters. The van der Waals surface area contributed by atoms with Gasteiger partial charge in [0.2, 0.25) is 15.9 Å². The molecule has 0 spiro atoms. The number of hydrogen-bond acceptors (Lipinski definition) is 3. The second-order valence-electron chi connectivity index (χ2n) is 8.60. The summed E-state index contributed by atoms with van der Waals surface area (Å²) in [6.07, 6.45) is 0.164. The number of rotatable bonds is 10. The Kier molecular flexibility index (Phi) is 9.00. The van der Waals surface area contributed by atoms with Crippen molar-refractivity contribution in [3.63, 3.8) is 0 Å². The molecule has 4 aromatic rings. The highest BCUT2D eigenvalue weighted by atomic mass is 35.5. The van der Waals surface area contributed by atoms with Crippen molar-refractivity contribution in [2.24, 2.45) is 0 Å². The van der Waals surface area contributed by atoms with Crippen molar-refractivity contribution in [3.05, 3.63) is 136 Å². The first-order valence-corrected chi connectivity index (χ1v) is 13.9. The van der Waals surface area contributed by atoms with Gasteiger partial charge in [0.05, 0.1) is 5.02 Å². The lowest BCUT2D eigenvalue weighted by molar-refractivity contribution is -0.134. The fraction of sp³-hybridized carbons (Fsp3) is 0.138. The molecule has 0 aromatic heterocycles. The highest BCUT2D eigenvalue weighted by Crippen LogP contribution is 2.26. The summed E-state index contributed by atoms with van der Waals surface area (Å²) in [5.74, 6) is -0.349. The Labute approximate surface area is 227 Å². The van der Waals surface area contributed by atoms with E-state index in [9.17, 15) is 13.2 Å². The molecule has 1 unspecified atom stereocenters. The molecule has 190 valence electrons. The van der Waals surface area contributed by atoms with E-state index in [4.69, 9.17) is 23.2 Å². The first kappa shape index (κ1) is 26.9. The Morgan fingerprint density at radius 2 is 1.22 bits per heavy atom. The van der Waals surface area contributed by atoms with Gasteiger partial charge in [-0.05, 0) is 41.3 Å². The molecule has 5 nitrogen and oxygen atoms in total. The van der Waals surface area contributed by atoms with Crippen LogP contribution in [0.15, 0.2) is 114 Å². The molecule has 0 saturated heterocycles. The summed E-state index contributed by atoms with van der Waals surface area (Å²) in [6.45, 7) is 0.638. The van der Waals surface area contributed by atoms with Gasteiger partial charge in [0.25, 0.3) is 0 Å². The molecule has 4 aromatic carbocycles. The number of hydrogen-bond donors (Lipinski definition) is 1. The fourth-order valence-electron chi connectivity index (χ4n) is 4.00. The average molecular weight is 554 g/mol. The number of sulfonamides is 1. The second-order valence-corrected chi connectivity index (χ2v) is 11.1. The van der Waals surface area contributed by atoms with Crippen molar-refractivity contribution in [1.82, 2.24) is 9.62 Å². The normalized spacial score (nSPS) is 12.2. The van der Waals surface area contributed by atoms with Gasteiger partial charge in [-0.25, -0.2) is 8.42 Å². The molecular weight excluding hydrogens is 527 g/mol. The highest BCUT2D eigenvalue weighted by molar-refractivity contribution is 7.89. The van der Waals surface area contributed by atoms with E-state index in [1.54, 1.807) is 4.90 Å². The summed E-state index contributed by atoms with van der Waals surface area (Å²) in [5, 5.41) is 0.249. The van der Waals surface area contributed by atoms with Crippen LogP contribution in [0.5, 0.6) is 0 Å². The van der Waals surface area contributed by atoms with Crippen LogP contribution >= 0.6 is 23.2 Å². The predicted octanol–water partition coefficient (Wildman–Crippen LogP) is 6.11. The first-order valence-electron chi connectivity index (χ1n) is 11.7. The van der Waals surface area contributed by atoms with Gasteiger partial charge in [-0.3, -0.25) is 4.79 Å². The van der Waals surface area contributed by atoms with Gasteiger partial charge in [0.1, 0.15) is 10.9 Å². The highest BCUT2D eigenvalue weighted by Gasteiger charge is 2.31. The number of nitrogens with one attached hydrogen (secondary N) is 1. The van der Waals surface area contributed by atoms with E-state index in [1.807, 2.05) is 91.0 Å². The van der Waals surface area contributed by atoms with E-state index in [-0.39, 0.29) is 27.3 Å². The molecule has 0 bridgehead atoms. The van der Waals surface area contributed by atoms with Gasteiger partial charge in [-0.15, -0.1) is 0 Å². The lowest BCUT2D eigenvalue weighted by Gasteiger charge is -2.28. The van der Waals surface area contributed by atoms with Gasteiger partial charge in [0.15, 0.2) is 0 Å². The number of carbonyl (C=O) groups is 1. The quantitative estimate of drug-likeness (QED) is 0.258. The maximum atomic E-state index is 14.1. The summed E-state index contributed by atoms with van der Waals surface area (Å²) >= 11 is 12.3. The lowest BCUT2D eigenvalue weighted by atomic mass is 10.0. The van der Waals surface area contributed by atoms with Crippen molar-refractivity contribution < 1.29 is 13.2 Å². The van der Waals surface area contributed by atoms with Crippen molar-refractivity contribution >= 4 is 39.1 Å². The zero-order valence-electron chi connectivity index (χ0n) is 19.9. The predicted molar refractivity (Wildman–Crippen MR) is 148 cm³/mol. The third-order valence-electron chi connectivity index (χ3n) is 5.81. The van der Waals surface area contributed by atoms with Gasteiger partial charge >= 0.3 is 0 Å². The zero-order valence-corrected chi connectivity index (χ0v) is 22.3. The number of benzene rings is 4. The Morgan fingerprint density at radius 3 is 1.73 bits per heavy atom. The SMILES string of the molecule is O=C(C(Cc1ccccc1)NS(=O)(=O)c1cc(Cl)ccc1Cl)N(Cc1ccccc1)Cc1ccccc1. The summed E-state index contributed by atoms with van der Waals surface area (Å²) in [6, 6.07) is 31.6. The van der Waals surface area contributed by atoms with Crippen LogP contribution in [0.4, 0.5) is 0 Å². The van der Waals surface area contributed by atoms with Crippen LogP contribution in [0, 0.1) is 0 Å². The maximum Gasteiger partial charge on any atom is 0.242 e. The maximum absolute atomic E-state index is 14.1. The summed E-state index contributed by atoms with van der Waals surface area (Å²) in [5.41, 5.74) is 2.69. The third kappa shape index (κ3) is 7.43. The molecule has 0 aliphatic heterocycles. The molecule has 0 fully saturated rings. The molecule has 4 rings (SSSR count). The topological polar surface area (TPSA) is 66.5 Å². The molecule has 0 saturated carbocycles. The molecule has 37 heavy (non-hydrogen) atoms. The Hall–Kier alpha value is -3.16. The Bertz CT molecular complexity index is 1390. The van der Waals surface area contributed by atoms with Gasteiger partial charge in [-0.1, -0.05) is 114 Å². The smallest absolute Gasteiger partial charge is 0.242 e. The van der Waals surface area contributed by atoms with Gasteiger partial charge < -0.3 is 4.90 Å². The monoisotopic (exact) mass is 552 g/mol. The van der Waals surface area contributed by atoms with Crippen molar-refractivity contribution in [2.45, 2.75) is 30.4 Å². The molecule has 1 N–H and O–H groups in total. The zero-order chi connectivity index (χ0) is 26.3. The lowest BCUT2D eigenvalue weighted by Crippen LogP contribution is -2.49. The number of carbonyl (C=O) groups excluding carboxylic acids is 1. The molecule has 8 heteroatoms. The molecule has 0 heterocycles. The Balaban J connectivity index is 1.70. The summed E-state index contributed by atoms with van der Waals surface area (Å²) < 4.78 is 29.5. The van der Waals surface area contributed by atoms with Crippen molar-refractivity contribution in [3.8, 4) is 0 Å². The van der Waals surface area contributed by atoms with E-state index in [2.05, 4.69) is 4.72 Å². The van der Waals surface area contributed by atoms with Gasteiger partial charge in [-0.2, -0.15) is 4.72 Å². The molecule has 1 amide bonds. The van der Waals surface area contributed by atoms with Crippen molar-refractivity contribution in [2.75, 3.05) is 0 Å². The summed E-state index contributed by atoms with van der Waals surface area (Å²) in [4.78, 5) is 15.5. The number of nitrogens with zero attached hydrogens (tertiary/aromatic N) is 1. The molecule has 0 radical (unpaired) electrons. The molecule has 0 aliphatic rings. The largest absolute Gasteiger partial charge is 0.333 e. The van der Waals surface area contributed by atoms with Crippen LogP contribution in [-0.2, 0) is 34.3 Å². The van der Waals surface area contributed by atoms with E-state index < -0.39 is 16.1 Å². The van der Waals surface area contributed by atoms with E-state index in [0.717, 1.165) is 16.7 Å².